The van der Waals surface area contributed by atoms with Crippen molar-refractivity contribution in [1.82, 2.24) is 0 Å². The Labute approximate surface area is 182 Å². The van der Waals surface area contributed by atoms with Gasteiger partial charge < -0.3 is 0 Å². The van der Waals surface area contributed by atoms with Crippen LogP contribution in [0.5, 0.6) is 11.5 Å². The van der Waals surface area contributed by atoms with Gasteiger partial charge in [-0.25, -0.2) is 0 Å². The summed E-state index contributed by atoms with van der Waals surface area (Å²) in [6, 6.07) is 17.2. The molecule has 0 aliphatic carbocycles. The number of benzene rings is 2. The van der Waals surface area contributed by atoms with Crippen molar-refractivity contribution in [2.45, 2.75) is 79.2 Å². The zero-order chi connectivity index (χ0) is 21.0. The van der Waals surface area contributed by atoms with Crippen molar-refractivity contribution in [2.75, 3.05) is 7.11 Å². The third kappa shape index (κ3) is 7.24. The summed E-state index contributed by atoms with van der Waals surface area (Å²) in [6.07, 6.45) is 8.01. The summed E-state index contributed by atoms with van der Waals surface area (Å²) >= 11 is -2.44. The Bertz CT molecular complexity index is 677. The fourth-order valence-corrected chi connectivity index (χ4v) is 20.1. The van der Waals surface area contributed by atoms with Crippen LogP contribution < -0.4 is 13.1 Å². The van der Waals surface area contributed by atoms with Gasteiger partial charge in [0.05, 0.1) is 0 Å². The first-order valence-corrected chi connectivity index (χ1v) is 19.0. The van der Waals surface area contributed by atoms with E-state index in [4.69, 9.17) is 9.47 Å². The Morgan fingerprint density at radius 3 is 1.83 bits per heavy atom. The van der Waals surface area contributed by atoms with Crippen LogP contribution in [0.15, 0.2) is 48.5 Å². The summed E-state index contributed by atoms with van der Waals surface area (Å²) in [7, 11) is 1.77. The van der Waals surface area contributed by atoms with E-state index in [1.165, 1.54) is 57.4 Å². The van der Waals surface area contributed by atoms with Gasteiger partial charge in [-0.1, -0.05) is 0 Å². The van der Waals surface area contributed by atoms with E-state index in [0.29, 0.717) is 6.61 Å². The molecular formula is C26H40O2Sn. The number of unbranched alkanes of at least 4 members (excludes halogenated alkanes) is 3. The van der Waals surface area contributed by atoms with E-state index >= 15 is 0 Å². The van der Waals surface area contributed by atoms with Crippen molar-refractivity contribution in [1.29, 1.82) is 0 Å². The third-order valence-electron chi connectivity index (χ3n) is 6.04. The van der Waals surface area contributed by atoms with Gasteiger partial charge in [-0.3, -0.25) is 0 Å². The minimum atomic E-state index is -2.44. The van der Waals surface area contributed by atoms with Gasteiger partial charge in [0.25, 0.3) is 0 Å². The van der Waals surface area contributed by atoms with Crippen molar-refractivity contribution in [3.05, 3.63) is 54.1 Å². The van der Waals surface area contributed by atoms with Gasteiger partial charge in [-0.2, -0.15) is 0 Å². The van der Waals surface area contributed by atoms with Gasteiger partial charge in [0.1, 0.15) is 0 Å². The number of rotatable bonds is 14. The van der Waals surface area contributed by atoms with Crippen LogP contribution in [-0.2, 0) is 6.61 Å². The van der Waals surface area contributed by atoms with Crippen molar-refractivity contribution in [3.63, 3.8) is 0 Å². The van der Waals surface area contributed by atoms with Crippen LogP contribution in [0.1, 0.15) is 64.9 Å². The number of methoxy groups -OCH3 is 1. The fourth-order valence-electron chi connectivity index (χ4n) is 4.21. The molecule has 0 bridgehead atoms. The zero-order valence-electron chi connectivity index (χ0n) is 19.0. The number of hydrogen-bond donors (Lipinski definition) is 0. The second-order valence-electron chi connectivity index (χ2n) is 8.23. The average molecular weight is 503 g/mol. The standard InChI is InChI=1S/C14H13O2.3C4H9.Sn/c1-15-13-9-5-6-10-14(13)16-11-12-7-3-2-4-8-12;3*1-3-4-2;/h2-4,6-10H,11H2,1H3;3*1,3-4H2,2H3;. The topological polar surface area (TPSA) is 18.5 Å². The molecule has 2 nitrogen and oxygen atoms in total. The van der Waals surface area contributed by atoms with Crippen molar-refractivity contribution >= 4 is 22.0 Å². The maximum absolute atomic E-state index is 6.12. The van der Waals surface area contributed by atoms with Crippen LogP contribution in [0, 0.1) is 0 Å². The van der Waals surface area contributed by atoms with Gasteiger partial charge in [0, 0.05) is 0 Å². The van der Waals surface area contributed by atoms with Gasteiger partial charge in [0.2, 0.25) is 0 Å². The summed E-state index contributed by atoms with van der Waals surface area (Å²) in [6.45, 7) is 7.57. The van der Waals surface area contributed by atoms with E-state index in [1.807, 2.05) is 6.07 Å². The SMILES string of the molecule is CCC[CH2][Sn]([CH2]CCC)([CH2]CCC)[c]1ccc(OCc2ccccc2)c(OC)c1. The van der Waals surface area contributed by atoms with Crippen molar-refractivity contribution in [2.24, 2.45) is 0 Å². The molecule has 0 saturated heterocycles. The molecule has 2 aromatic carbocycles. The molecule has 0 radical (unpaired) electrons. The number of hydrogen-bond acceptors (Lipinski definition) is 2. The molecule has 0 fully saturated rings. The molecule has 2 aromatic rings. The molecule has 2 rings (SSSR count). The first-order valence-electron chi connectivity index (χ1n) is 11.5. The summed E-state index contributed by atoms with van der Waals surface area (Å²) in [4.78, 5) is 0. The maximum atomic E-state index is 6.12. The van der Waals surface area contributed by atoms with Crippen LogP contribution in [0.2, 0.25) is 13.3 Å². The Morgan fingerprint density at radius 1 is 0.724 bits per heavy atom. The second kappa shape index (κ2) is 13.2. The third-order valence-corrected chi connectivity index (χ3v) is 21.6. The summed E-state index contributed by atoms with van der Waals surface area (Å²) in [5.74, 6) is 1.77. The molecule has 0 saturated carbocycles. The average Bonchev–Trinajstić information content (AvgIpc) is 2.78. The Hall–Kier alpha value is -1.16. The molecule has 29 heavy (non-hydrogen) atoms. The Morgan fingerprint density at radius 2 is 1.31 bits per heavy atom. The molecule has 0 heterocycles. The molecule has 0 unspecified atom stereocenters. The first-order chi connectivity index (χ1) is 14.2. The van der Waals surface area contributed by atoms with Crippen LogP contribution in [-0.4, -0.2) is 25.5 Å². The van der Waals surface area contributed by atoms with Crippen LogP contribution >= 0.6 is 0 Å². The van der Waals surface area contributed by atoms with Crippen LogP contribution in [0.4, 0.5) is 0 Å². The van der Waals surface area contributed by atoms with Gasteiger partial charge in [0.15, 0.2) is 0 Å². The molecular weight excluding hydrogens is 463 g/mol. The predicted molar refractivity (Wildman–Crippen MR) is 128 cm³/mol. The molecule has 0 spiro atoms. The van der Waals surface area contributed by atoms with E-state index in [1.54, 1.807) is 10.7 Å². The second-order valence-corrected chi connectivity index (χ2v) is 21.5. The van der Waals surface area contributed by atoms with Gasteiger partial charge >= 0.3 is 183 Å². The Kier molecular flexibility index (Phi) is 11.0. The molecule has 0 amide bonds. The van der Waals surface area contributed by atoms with E-state index in [0.717, 1.165) is 11.5 Å². The summed E-state index contributed by atoms with van der Waals surface area (Å²) in [5, 5.41) is 0. The van der Waals surface area contributed by atoms with Crippen molar-refractivity contribution < 1.29 is 9.47 Å². The molecule has 0 aliphatic heterocycles. The molecule has 0 aliphatic rings. The minimum absolute atomic E-state index is 0.576. The van der Waals surface area contributed by atoms with E-state index in [9.17, 15) is 0 Å². The van der Waals surface area contributed by atoms with E-state index < -0.39 is 18.4 Å². The molecule has 0 N–H and O–H groups in total. The molecule has 160 valence electrons. The van der Waals surface area contributed by atoms with Crippen molar-refractivity contribution in [3.8, 4) is 11.5 Å². The molecule has 3 heteroatoms. The predicted octanol–water partition coefficient (Wildman–Crippen LogP) is 7.33. The molecule has 0 atom stereocenters. The van der Waals surface area contributed by atoms with Gasteiger partial charge in [-0.15, -0.1) is 0 Å². The van der Waals surface area contributed by atoms with Gasteiger partial charge in [-0.05, 0) is 0 Å². The fraction of sp³-hybridized carbons (Fsp3) is 0.538. The van der Waals surface area contributed by atoms with Crippen LogP contribution in [0.25, 0.3) is 0 Å². The zero-order valence-corrected chi connectivity index (χ0v) is 21.9. The normalized spacial score (nSPS) is 11.4. The van der Waals surface area contributed by atoms with E-state index in [2.05, 4.69) is 63.2 Å². The first kappa shape index (κ1) is 24.1. The summed E-state index contributed by atoms with van der Waals surface area (Å²) in [5.41, 5.74) is 1.18. The quantitative estimate of drug-likeness (QED) is 0.252. The molecule has 0 aromatic heterocycles. The van der Waals surface area contributed by atoms with Crippen LogP contribution in [0.3, 0.4) is 0 Å². The Balaban J connectivity index is 2.29. The monoisotopic (exact) mass is 504 g/mol. The van der Waals surface area contributed by atoms with E-state index in [-0.39, 0.29) is 0 Å². The summed E-state index contributed by atoms with van der Waals surface area (Å²) < 4.78 is 18.0. The number of ether oxygens (including phenoxy) is 2.